The molecule has 1 amide bonds. The van der Waals surface area contributed by atoms with Crippen molar-refractivity contribution in [1.82, 2.24) is 14.8 Å². The van der Waals surface area contributed by atoms with Crippen LogP contribution in [0, 0.1) is 6.92 Å². The summed E-state index contributed by atoms with van der Waals surface area (Å²) in [6.45, 7) is 1.51. The van der Waals surface area contributed by atoms with Gasteiger partial charge in [0.2, 0.25) is 0 Å². The number of carbonyl (C=O) groups is 1. The van der Waals surface area contributed by atoms with Gasteiger partial charge in [-0.1, -0.05) is 11.3 Å². The number of aromatic nitrogens is 3. The average Bonchev–Trinajstić information content (AvgIpc) is 2.83. The number of amides is 1. The van der Waals surface area contributed by atoms with Crippen LogP contribution in [0.4, 0.5) is 5.13 Å². The maximum absolute atomic E-state index is 11.9. The van der Waals surface area contributed by atoms with Crippen LogP contribution in [0.3, 0.4) is 0 Å². The smallest absolute Gasteiger partial charge is 0.275 e. The Morgan fingerprint density at radius 1 is 1.53 bits per heavy atom. The predicted molar refractivity (Wildman–Crippen MR) is 71.1 cm³/mol. The van der Waals surface area contributed by atoms with Gasteiger partial charge in [0.1, 0.15) is 5.69 Å². The monoisotopic (exact) mass is 320 g/mol. The third-order valence-electron chi connectivity index (χ3n) is 2.25. The Morgan fingerprint density at radius 2 is 2.21 bits per heavy atom. The summed E-state index contributed by atoms with van der Waals surface area (Å²) in [4.78, 5) is 15.8. The summed E-state index contributed by atoms with van der Waals surface area (Å²) in [5.41, 5.74) is 0.587. The maximum atomic E-state index is 11.9. The van der Waals surface area contributed by atoms with Crippen molar-refractivity contribution in [3.8, 4) is 0 Å². The van der Waals surface area contributed by atoms with Crippen LogP contribution < -0.4 is 5.32 Å². The van der Waals surface area contributed by atoms with Crippen LogP contribution >= 0.6 is 22.0 Å². The molecular formula is C9H9ClN4O3S2. The Hall–Kier alpha value is -1.45. The van der Waals surface area contributed by atoms with Gasteiger partial charge in [-0.3, -0.25) is 14.8 Å². The van der Waals surface area contributed by atoms with E-state index in [2.05, 4.69) is 15.4 Å². The highest BCUT2D eigenvalue weighted by Gasteiger charge is 2.21. The molecule has 0 aromatic carbocycles. The van der Waals surface area contributed by atoms with Gasteiger partial charge in [-0.15, -0.1) is 0 Å². The highest BCUT2D eigenvalue weighted by atomic mass is 35.7. The maximum Gasteiger partial charge on any atom is 0.275 e. The second kappa shape index (κ2) is 4.91. The molecule has 2 heterocycles. The number of nitrogens with one attached hydrogen (secondary N) is 1. The summed E-state index contributed by atoms with van der Waals surface area (Å²) in [6.07, 6.45) is 1.48. The Bertz CT molecular complexity index is 734. The van der Waals surface area contributed by atoms with Crippen molar-refractivity contribution >= 4 is 42.1 Å². The fourth-order valence-corrected chi connectivity index (χ4v) is 3.77. The third kappa shape index (κ3) is 2.94. The number of thiazole rings is 1. The molecule has 2 rings (SSSR count). The second-order valence-electron chi connectivity index (χ2n) is 3.62. The van der Waals surface area contributed by atoms with Crippen LogP contribution in [0.5, 0.6) is 0 Å². The summed E-state index contributed by atoms with van der Waals surface area (Å²) in [7, 11) is 3.02. The van der Waals surface area contributed by atoms with E-state index in [4.69, 9.17) is 10.7 Å². The van der Waals surface area contributed by atoms with Crippen molar-refractivity contribution in [2.45, 2.75) is 11.1 Å². The minimum absolute atomic E-state index is 0.0746. The number of hydrogen-bond donors (Lipinski definition) is 1. The zero-order valence-electron chi connectivity index (χ0n) is 9.92. The van der Waals surface area contributed by atoms with E-state index < -0.39 is 15.0 Å². The number of anilines is 1. The third-order valence-corrected chi connectivity index (χ3v) is 5.50. The number of aryl methyl sites for hydroxylation is 2. The van der Waals surface area contributed by atoms with Crippen LogP contribution in [-0.2, 0) is 16.1 Å². The first-order valence-corrected chi connectivity index (χ1v) is 8.13. The molecule has 2 aromatic heterocycles. The minimum atomic E-state index is -3.85. The summed E-state index contributed by atoms with van der Waals surface area (Å²) >= 11 is 0.805. The first-order chi connectivity index (χ1) is 8.79. The first kappa shape index (κ1) is 14.0. The Morgan fingerprint density at radius 3 is 2.68 bits per heavy atom. The van der Waals surface area contributed by atoms with Gasteiger partial charge >= 0.3 is 0 Å². The standard InChI is InChI=1S/C9H9ClN4O3S2/c1-5-8(19(10,16)17)18-9(12-5)13-7(15)6-3-4-11-14(6)2/h3-4H,1-2H3,(H,12,13,15). The van der Waals surface area contributed by atoms with Crippen molar-refractivity contribution in [3.63, 3.8) is 0 Å². The number of hydrogen-bond acceptors (Lipinski definition) is 6. The van der Waals surface area contributed by atoms with E-state index in [1.54, 1.807) is 7.05 Å². The van der Waals surface area contributed by atoms with Crippen molar-refractivity contribution in [1.29, 1.82) is 0 Å². The fourth-order valence-electron chi connectivity index (χ4n) is 1.42. The average molecular weight is 321 g/mol. The topological polar surface area (TPSA) is 93.9 Å². The van der Waals surface area contributed by atoms with E-state index in [0.29, 0.717) is 5.69 Å². The van der Waals surface area contributed by atoms with Gasteiger partial charge in [-0.2, -0.15) is 5.10 Å². The van der Waals surface area contributed by atoms with Gasteiger partial charge in [0, 0.05) is 23.9 Å². The van der Waals surface area contributed by atoms with Crippen molar-refractivity contribution in [3.05, 3.63) is 23.7 Å². The fraction of sp³-hybridized carbons (Fsp3) is 0.222. The van der Waals surface area contributed by atoms with Gasteiger partial charge in [0.05, 0.1) is 5.69 Å². The molecule has 0 atom stereocenters. The van der Waals surface area contributed by atoms with E-state index in [9.17, 15) is 13.2 Å². The lowest BCUT2D eigenvalue weighted by molar-refractivity contribution is 0.101. The summed E-state index contributed by atoms with van der Waals surface area (Å²) < 4.78 is 23.8. The Kier molecular flexibility index (Phi) is 3.61. The lowest BCUT2D eigenvalue weighted by Crippen LogP contribution is -2.15. The number of nitrogens with zero attached hydrogens (tertiary/aromatic N) is 3. The SMILES string of the molecule is Cc1nc(NC(=O)c2ccnn2C)sc1S(=O)(=O)Cl. The molecule has 0 saturated carbocycles. The molecule has 0 radical (unpaired) electrons. The quantitative estimate of drug-likeness (QED) is 0.862. The molecule has 0 spiro atoms. The lowest BCUT2D eigenvalue weighted by atomic mass is 10.4. The largest absolute Gasteiger partial charge is 0.296 e. The van der Waals surface area contributed by atoms with Gasteiger partial charge in [-0.05, 0) is 13.0 Å². The van der Waals surface area contributed by atoms with Crippen molar-refractivity contribution in [2.24, 2.45) is 7.05 Å². The molecule has 2 aromatic rings. The van der Waals surface area contributed by atoms with E-state index in [0.717, 1.165) is 11.3 Å². The molecule has 102 valence electrons. The van der Waals surface area contributed by atoms with Gasteiger partial charge in [0.15, 0.2) is 9.34 Å². The van der Waals surface area contributed by atoms with Gasteiger partial charge in [0.25, 0.3) is 15.0 Å². The van der Waals surface area contributed by atoms with Crippen LogP contribution in [0.15, 0.2) is 16.5 Å². The van der Waals surface area contributed by atoms with Crippen LogP contribution in [-0.4, -0.2) is 29.1 Å². The van der Waals surface area contributed by atoms with E-state index in [-0.39, 0.29) is 15.0 Å². The van der Waals surface area contributed by atoms with Crippen molar-refractivity contribution in [2.75, 3.05) is 5.32 Å². The van der Waals surface area contributed by atoms with Crippen LogP contribution in [0.2, 0.25) is 0 Å². The Balaban J connectivity index is 2.26. The predicted octanol–water partition coefficient (Wildman–Crippen LogP) is 1.36. The molecule has 0 aliphatic rings. The molecule has 0 bridgehead atoms. The summed E-state index contributed by atoms with van der Waals surface area (Å²) in [5, 5.41) is 6.54. The molecule has 7 nitrogen and oxygen atoms in total. The van der Waals surface area contributed by atoms with Crippen LogP contribution in [0.25, 0.3) is 0 Å². The molecule has 0 fully saturated rings. The van der Waals surface area contributed by atoms with E-state index in [1.165, 1.54) is 23.9 Å². The first-order valence-electron chi connectivity index (χ1n) is 5.00. The van der Waals surface area contributed by atoms with Gasteiger partial charge in [-0.25, -0.2) is 13.4 Å². The summed E-state index contributed by atoms with van der Waals surface area (Å²) in [6, 6.07) is 1.54. The molecule has 1 N–H and O–H groups in total. The molecule has 0 saturated heterocycles. The Labute approximate surface area is 117 Å². The normalized spacial score (nSPS) is 11.5. The van der Waals surface area contributed by atoms with E-state index in [1.807, 2.05) is 0 Å². The van der Waals surface area contributed by atoms with Gasteiger partial charge < -0.3 is 0 Å². The number of carbonyl (C=O) groups excluding carboxylic acids is 1. The minimum Gasteiger partial charge on any atom is -0.296 e. The molecular weight excluding hydrogens is 312 g/mol. The molecule has 10 heteroatoms. The highest BCUT2D eigenvalue weighted by molar-refractivity contribution is 8.15. The zero-order valence-corrected chi connectivity index (χ0v) is 12.3. The molecule has 0 aliphatic carbocycles. The van der Waals surface area contributed by atoms with Crippen LogP contribution in [0.1, 0.15) is 16.2 Å². The summed E-state index contributed by atoms with van der Waals surface area (Å²) in [5.74, 6) is -0.424. The van der Waals surface area contributed by atoms with Crippen molar-refractivity contribution < 1.29 is 13.2 Å². The molecule has 19 heavy (non-hydrogen) atoms. The molecule has 0 aliphatic heterocycles. The number of halogens is 1. The molecule has 0 unspecified atom stereocenters. The zero-order chi connectivity index (χ0) is 14.2. The lowest BCUT2D eigenvalue weighted by Gasteiger charge is -2.00. The number of rotatable bonds is 3. The second-order valence-corrected chi connectivity index (χ2v) is 7.38. The highest BCUT2D eigenvalue weighted by Crippen LogP contribution is 2.29. The van der Waals surface area contributed by atoms with E-state index >= 15 is 0 Å².